The summed E-state index contributed by atoms with van der Waals surface area (Å²) < 4.78 is 0. The summed E-state index contributed by atoms with van der Waals surface area (Å²) in [4.78, 5) is 6.50. The minimum Gasteiger partial charge on any atom is -0.381 e. The van der Waals surface area contributed by atoms with Crippen molar-refractivity contribution < 1.29 is 0 Å². The minimum absolute atomic E-state index is 0.500. The molecule has 2 rings (SSSR count). The van der Waals surface area contributed by atoms with Gasteiger partial charge in [0.15, 0.2) is 0 Å². The first-order valence-corrected chi connectivity index (χ1v) is 8.32. The van der Waals surface area contributed by atoms with Gasteiger partial charge in [-0.1, -0.05) is 27.2 Å². The smallest absolute Gasteiger partial charge is 0.128 e. The number of nitrogens with zero attached hydrogens (tertiary/aromatic N) is 2. The predicted molar refractivity (Wildman–Crippen MR) is 92.0 cm³/mol. The lowest BCUT2D eigenvalue weighted by atomic mass is 9.69. The van der Waals surface area contributed by atoms with Crippen LogP contribution in [0.5, 0.6) is 0 Å². The van der Waals surface area contributed by atoms with Crippen molar-refractivity contribution in [3.05, 3.63) is 18.3 Å². The van der Waals surface area contributed by atoms with Crippen LogP contribution in [-0.4, -0.2) is 25.1 Å². The number of hydrogen-bond acceptors (Lipinski definition) is 3. The Balaban J connectivity index is 1.86. The highest BCUT2D eigenvalue weighted by molar-refractivity contribution is 5.48. The Morgan fingerprint density at radius 2 is 1.86 bits per heavy atom. The maximum absolute atomic E-state index is 4.47. The lowest BCUT2D eigenvalue weighted by Crippen LogP contribution is -2.32. The number of rotatable bonds is 5. The molecule has 0 bridgehead atoms. The SMILES string of the molecule is CCC(C)(C)C1CCC(Nc2ccc(N(C)C)nc2)CC1. The fourth-order valence-electron chi connectivity index (χ4n) is 3.28. The van der Waals surface area contributed by atoms with Crippen molar-refractivity contribution in [1.82, 2.24) is 4.98 Å². The van der Waals surface area contributed by atoms with Gasteiger partial charge in [0.05, 0.1) is 11.9 Å². The maximum Gasteiger partial charge on any atom is 0.128 e. The van der Waals surface area contributed by atoms with Gasteiger partial charge in [-0.25, -0.2) is 4.98 Å². The Bertz CT molecular complexity index is 428. The summed E-state index contributed by atoms with van der Waals surface area (Å²) in [5.41, 5.74) is 1.65. The van der Waals surface area contributed by atoms with Gasteiger partial charge in [-0.05, 0) is 49.1 Å². The van der Waals surface area contributed by atoms with Crippen LogP contribution in [0, 0.1) is 11.3 Å². The fourth-order valence-corrected chi connectivity index (χ4v) is 3.28. The van der Waals surface area contributed by atoms with Gasteiger partial charge in [0.2, 0.25) is 0 Å². The summed E-state index contributed by atoms with van der Waals surface area (Å²) in [5.74, 6) is 1.89. The summed E-state index contributed by atoms with van der Waals surface area (Å²) in [7, 11) is 4.04. The zero-order valence-electron chi connectivity index (χ0n) is 14.3. The van der Waals surface area contributed by atoms with Crippen molar-refractivity contribution in [2.45, 2.75) is 58.9 Å². The van der Waals surface area contributed by atoms with Crippen molar-refractivity contribution in [2.24, 2.45) is 11.3 Å². The molecule has 1 aromatic heterocycles. The molecule has 1 aliphatic rings. The van der Waals surface area contributed by atoms with Gasteiger partial charge < -0.3 is 10.2 Å². The average Bonchev–Trinajstić information content (AvgIpc) is 2.48. The fraction of sp³-hybridized carbons (Fsp3) is 0.722. The van der Waals surface area contributed by atoms with E-state index in [0.717, 1.165) is 17.4 Å². The summed E-state index contributed by atoms with van der Waals surface area (Å²) in [5, 5.41) is 3.66. The average molecular weight is 289 g/mol. The number of pyridine rings is 1. The predicted octanol–water partition coefficient (Wildman–Crippen LogP) is 4.55. The van der Waals surface area contributed by atoms with E-state index in [4.69, 9.17) is 0 Å². The monoisotopic (exact) mass is 289 g/mol. The quantitative estimate of drug-likeness (QED) is 0.861. The molecule has 3 nitrogen and oxygen atoms in total. The summed E-state index contributed by atoms with van der Waals surface area (Å²) in [6.07, 6.45) is 8.50. The third-order valence-corrected chi connectivity index (χ3v) is 5.32. The Hall–Kier alpha value is -1.25. The first kappa shape index (κ1) is 16.1. The summed E-state index contributed by atoms with van der Waals surface area (Å²) in [6.45, 7) is 7.17. The van der Waals surface area contributed by atoms with Gasteiger partial charge in [0, 0.05) is 20.1 Å². The van der Waals surface area contributed by atoms with Crippen LogP contribution in [-0.2, 0) is 0 Å². The van der Waals surface area contributed by atoms with E-state index in [0.29, 0.717) is 11.5 Å². The van der Waals surface area contributed by atoms with Crippen molar-refractivity contribution in [3.8, 4) is 0 Å². The van der Waals surface area contributed by atoms with Crippen molar-refractivity contribution in [1.29, 1.82) is 0 Å². The molecule has 1 fully saturated rings. The summed E-state index contributed by atoms with van der Waals surface area (Å²) in [6, 6.07) is 4.83. The Morgan fingerprint density at radius 3 is 2.33 bits per heavy atom. The number of anilines is 2. The van der Waals surface area contributed by atoms with Crippen LogP contribution in [0.3, 0.4) is 0 Å². The van der Waals surface area contributed by atoms with Gasteiger partial charge in [0.25, 0.3) is 0 Å². The minimum atomic E-state index is 0.500. The molecule has 1 saturated carbocycles. The lowest BCUT2D eigenvalue weighted by molar-refractivity contribution is 0.147. The number of hydrogen-bond donors (Lipinski definition) is 1. The normalized spacial score (nSPS) is 22.9. The zero-order valence-corrected chi connectivity index (χ0v) is 14.3. The highest BCUT2D eigenvalue weighted by atomic mass is 15.1. The third-order valence-electron chi connectivity index (χ3n) is 5.32. The van der Waals surface area contributed by atoms with Crippen LogP contribution < -0.4 is 10.2 Å². The molecule has 0 saturated heterocycles. The molecular formula is C18H31N3. The van der Waals surface area contributed by atoms with Crippen LogP contribution in [0.2, 0.25) is 0 Å². The van der Waals surface area contributed by atoms with E-state index >= 15 is 0 Å². The molecule has 0 aliphatic heterocycles. The second kappa shape index (κ2) is 6.67. The van der Waals surface area contributed by atoms with Crippen LogP contribution in [0.15, 0.2) is 18.3 Å². The van der Waals surface area contributed by atoms with E-state index in [1.54, 1.807) is 0 Å². The Labute approximate surface area is 130 Å². The highest BCUT2D eigenvalue weighted by Gasteiger charge is 2.31. The van der Waals surface area contributed by atoms with Gasteiger partial charge in [-0.15, -0.1) is 0 Å². The van der Waals surface area contributed by atoms with Gasteiger partial charge >= 0.3 is 0 Å². The van der Waals surface area contributed by atoms with Crippen LogP contribution in [0.25, 0.3) is 0 Å². The second-order valence-electron chi connectivity index (χ2n) is 7.33. The lowest BCUT2D eigenvalue weighted by Gasteiger charge is -2.39. The van der Waals surface area contributed by atoms with Crippen molar-refractivity contribution >= 4 is 11.5 Å². The van der Waals surface area contributed by atoms with E-state index in [2.05, 4.69) is 43.2 Å². The molecular weight excluding hydrogens is 258 g/mol. The molecule has 1 heterocycles. The second-order valence-corrected chi connectivity index (χ2v) is 7.33. The topological polar surface area (TPSA) is 28.2 Å². The van der Waals surface area contributed by atoms with Gasteiger partial charge in [0.1, 0.15) is 5.82 Å². The van der Waals surface area contributed by atoms with Gasteiger partial charge in [-0.3, -0.25) is 0 Å². The molecule has 118 valence electrons. The molecule has 1 N–H and O–H groups in total. The van der Waals surface area contributed by atoms with E-state index in [9.17, 15) is 0 Å². The largest absolute Gasteiger partial charge is 0.381 e. The highest BCUT2D eigenvalue weighted by Crippen LogP contribution is 2.40. The molecule has 21 heavy (non-hydrogen) atoms. The van der Waals surface area contributed by atoms with Crippen molar-refractivity contribution in [2.75, 3.05) is 24.3 Å². The molecule has 0 aromatic carbocycles. The number of nitrogens with one attached hydrogen (secondary N) is 1. The molecule has 0 amide bonds. The molecule has 0 unspecified atom stereocenters. The Morgan fingerprint density at radius 1 is 1.19 bits per heavy atom. The zero-order chi connectivity index (χ0) is 15.5. The van der Waals surface area contributed by atoms with Crippen LogP contribution >= 0.6 is 0 Å². The van der Waals surface area contributed by atoms with Crippen LogP contribution in [0.4, 0.5) is 11.5 Å². The molecule has 1 aliphatic carbocycles. The van der Waals surface area contributed by atoms with E-state index in [1.165, 1.54) is 32.1 Å². The van der Waals surface area contributed by atoms with E-state index in [1.807, 2.05) is 25.2 Å². The molecule has 0 spiro atoms. The first-order valence-electron chi connectivity index (χ1n) is 8.32. The van der Waals surface area contributed by atoms with Crippen LogP contribution in [0.1, 0.15) is 52.9 Å². The van der Waals surface area contributed by atoms with Gasteiger partial charge in [-0.2, -0.15) is 0 Å². The third kappa shape index (κ3) is 4.12. The van der Waals surface area contributed by atoms with E-state index in [-0.39, 0.29) is 0 Å². The summed E-state index contributed by atoms with van der Waals surface area (Å²) >= 11 is 0. The van der Waals surface area contributed by atoms with Crippen molar-refractivity contribution in [3.63, 3.8) is 0 Å². The molecule has 0 atom stereocenters. The first-order chi connectivity index (χ1) is 9.92. The maximum atomic E-state index is 4.47. The molecule has 0 radical (unpaired) electrons. The molecule has 1 aromatic rings. The Kier molecular flexibility index (Phi) is 5.13. The van der Waals surface area contributed by atoms with E-state index < -0.39 is 0 Å². The standard InChI is InChI=1S/C18H31N3/c1-6-18(2,3)14-7-9-15(10-8-14)20-16-11-12-17(19-13-16)21(4)5/h11-15,20H,6-10H2,1-5H3. The number of aromatic nitrogens is 1. The molecule has 3 heteroatoms.